The van der Waals surface area contributed by atoms with Crippen LogP contribution in [0.15, 0.2) is 9.98 Å². The van der Waals surface area contributed by atoms with Crippen molar-refractivity contribution < 1.29 is 14.4 Å². The third-order valence-electron chi connectivity index (χ3n) is 1.63. The fraction of sp³-hybridized carbons (Fsp3) is 0.727. The monoisotopic (exact) mass is 241 g/mol. The molecule has 17 heavy (non-hydrogen) atoms. The first kappa shape index (κ1) is 17.6. The van der Waals surface area contributed by atoms with E-state index in [1.807, 2.05) is 0 Å². The number of hydrogen-bond acceptors (Lipinski definition) is 5. The van der Waals surface area contributed by atoms with Crippen molar-refractivity contribution in [3.63, 3.8) is 0 Å². The highest BCUT2D eigenvalue weighted by Crippen LogP contribution is 1.99. The lowest BCUT2D eigenvalue weighted by atomic mass is 10.2. The van der Waals surface area contributed by atoms with Crippen molar-refractivity contribution in [1.82, 2.24) is 4.90 Å². The number of isocyanates is 2. The highest BCUT2D eigenvalue weighted by Gasteiger charge is 1.87. The number of carbonyl (C=O) groups is 1. The molecule has 0 atom stereocenters. The summed E-state index contributed by atoms with van der Waals surface area (Å²) in [6.45, 7) is 1.11. The predicted octanol–water partition coefficient (Wildman–Crippen LogP) is 0.923. The van der Waals surface area contributed by atoms with Gasteiger partial charge in [-0.05, 0) is 12.8 Å². The number of nitrogens with zero attached hydrogens (tertiary/aromatic N) is 3. The Morgan fingerprint density at radius 3 is 1.53 bits per heavy atom. The fourth-order valence-electron chi connectivity index (χ4n) is 0.827. The maximum absolute atomic E-state index is 9.63. The van der Waals surface area contributed by atoms with Gasteiger partial charge in [0.25, 0.3) is 0 Å². The van der Waals surface area contributed by atoms with Gasteiger partial charge in [-0.15, -0.1) is 0 Å². The average Bonchev–Trinajstić information content (AvgIpc) is 2.33. The van der Waals surface area contributed by atoms with Crippen LogP contribution in [-0.2, 0) is 14.4 Å². The van der Waals surface area contributed by atoms with Crippen LogP contribution < -0.4 is 0 Å². The number of aliphatic imine (C=N–C) groups is 2. The van der Waals surface area contributed by atoms with E-state index in [0.717, 1.165) is 32.1 Å². The summed E-state index contributed by atoms with van der Waals surface area (Å²) >= 11 is 0. The van der Waals surface area contributed by atoms with Gasteiger partial charge in [0.2, 0.25) is 18.6 Å². The molecule has 0 N–H and O–H groups in total. The zero-order chi connectivity index (χ0) is 13.4. The largest absolute Gasteiger partial charge is 0.351 e. The number of amides is 1. The summed E-state index contributed by atoms with van der Waals surface area (Å²) in [6.07, 6.45) is 7.55. The number of rotatable bonds is 8. The topological polar surface area (TPSA) is 79.2 Å². The minimum Gasteiger partial charge on any atom is -0.351 e. The van der Waals surface area contributed by atoms with Crippen LogP contribution in [0.5, 0.6) is 0 Å². The molecule has 0 aliphatic carbocycles. The van der Waals surface area contributed by atoms with E-state index in [-0.39, 0.29) is 0 Å². The van der Waals surface area contributed by atoms with Crippen molar-refractivity contribution in [2.75, 3.05) is 27.2 Å². The number of hydrogen-bond donors (Lipinski definition) is 0. The highest BCUT2D eigenvalue weighted by molar-refractivity contribution is 5.45. The average molecular weight is 241 g/mol. The van der Waals surface area contributed by atoms with Crippen molar-refractivity contribution >= 4 is 18.6 Å². The molecule has 0 unspecified atom stereocenters. The summed E-state index contributed by atoms with van der Waals surface area (Å²) in [5.41, 5.74) is 0. The number of unbranched alkanes of at least 4 members (excludes halogenated alkanes) is 3. The van der Waals surface area contributed by atoms with Gasteiger partial charge in [0.15, 0.2) is 0 Å². The molecule has 0 aromatic carbocycles. The molecule has 6 nitrogen and oxygen atoms in total. The van der Waals surface area contributed by atoms with Crippen molar-refractivity contribution in [3.8, 4) is 0 Å². The first-order valence-electron chi connectivity index (χ1n) is 5.38. The van der Waals surface area contributed by atoms with Crippen LogP contribution in [0.1, 0.15) is 25.7 Å². The van der Waals surface area contributed by atoms with E-state index in [2.05, 4.69) is 9.98 Å². The van der Waals surface area contributed by atoms with E-state index in [1.165, 1.54) is 17.1 Å². The van der Waals surface area contributed by atoms with Gasteiger partial charge in [0.1, 0.15) is 0 Å². The Bertz CT molecular complexity index is 245. The van der Waals surface area contributed by atoms with Crippen LogP contribution in [0.4, 0.5) is 0 Å². The van der Waals surface area contributed by atoms with Crippen LogP contribution in [-0.4, -0.2) is 50.7 Å². The van der Waals surface area contributed by atoms with Gasteiger partial charge in [-0.25, -0.2) is 19.6 Å². The van der Waals surface area contributed by atoms with Crippen LogP contribution in [0, 0.1) is 0 Å². The third-order valence-corrected chi connectivity index (χ3v) is 1.63. The van der Waals surface area contributed by atoms with E-state index in [4.69, 9.17) is 0 Å². The van der Waals surface area contributed by atoms with Crippen molar-refractivity contribution in [1.29, 1.82) is 0 Å². The van der Waals surface area contributed by atoms with Gasteiger partial charge in [0, 0.05) is 14.1 Å². The van der Waals surface area contributed by atoms with E-state index < -0.39 is 0 Å². The second kappa shape index (κ2) is 16.7. The summed E-state index contributed by atoms with van der Waals surface area (Å²) in [4.78, 5) is 37.0. The Hall–Kier alpha value is -1.77. The molecule has 6 heteroatoms. The molecule has 0 saturated carbocycles. The van der Waals surface area contributed by atoms with E-state index in [1.54, 1.807) is 14.1 Å². The summed E-state index contributed by atoms with van der Waals surface area (Å²) in [6, 6.07) is 0. The lowest BCUT2D eigenvalue weighted by molar-refractivity contribution is -0.115. The molecule has 0 spiro atoms. The Balaban J connectivity index is 0. The van der Waals surface area contributed by atoms with Crippen molar-refractivity contribution in [2.24, 2.45) is 9.98 Å². The third kappa shape index (κ3) is 25.0. The van der Waals surface area contributed by atoms with Crippen LogP contribution >= 0.6 is 0 Å². The molecule has 0 aliphatic rings. The molecule has 0 saturated heterocycles. The SMILES string of the molecule is CN(C)C=O.O=C=NCCCCCCN=C=O. The predicted molar refractivity (Wildman–Crippen MR) is 64.2 cm³/mol. The zero-order valence-corrected chi connectivity index (χ0v) is 10.4. The molecule has 96 valence electrons. The molecule has 0 fully saturated rings. The van der Waals surface area contributed by atoms with E-state index in [9.17, 15) is 14.4 Å². The van der Waals surface area contributed by atoms with E-state index in [0.29, 0.717) is 13.1 Å². The molecular formula is C11H19N3O3. The van der Waals surface area contributed by atoms with Crippen LogP contribution in [0.25, 0.3) is 0 Å². The Morgan fingerprint density at radius 1 is 0.941 bits per heavy atom. The standard InChI is InChI=1S/C8H12N2O2.C3H7NO/c11-7-9-5-3-1-2-4-6-10-8-12;1-4(2)3-5/h1-6H2;3H,1-2H3. The van der Waals surface area contributed by atoms with Crippen molar-refractivity contribution in [3.05, 3.63) is 0 Å². The second-order valence-corrected chi connectivity index (χ2v) is 3.43. The van der Waals surface area contributed by atoms with Gasteiger partial charge < -0.3 is 4.90 Å². The minimum absolute atomic E-state index is 0.556. The summed E-state index contributed by atoms with van der Waals surface area (Å²) < 4.78 is 0. The van der Waals surface area contributed by atoms with Gasteiger partial charge in [-0.3, -0.25) is 4.79 Å². The Kier molecular flexibility index (Phi) is 17.3. The Labute approximate surface area is 101 Å². The quantitative estimate of drug-likeness (QED) is 0.274. The molecule has 0 aliphatic heterocycles. The first-order valence-corrected chi connectivity index (χ1v) is 5.38. The molecule has 0 aromatic heterocycles. The summed E-state index contributed by atoms with van der Waals surface area (Å²) in [7, 11) is 3.38. The summed E-state index contributed by atoms with van der Waals surface area (Å²) in [5, 5.41) is 0. The molecule has 0 aromatic rings. The number of carbonyl (C=O) groups excluding carboxylic acids is 3. The van der Waals surface area contributed by atoms with Gasteiger partial charge in [-0.1, -0.05) is 12.8 Å². The van der Waals surface area contributed by atoms with Gasteiger partial charge in [0.05, 0.1) is 13.1 Å². The minimum atomic E-state index is 0.556. The smallest absolute Gasteiger partial charge is 0.234 e. The summed E-state index contributed by atoms with van der Waals surface area (Å²) in [5.74, 6) is 0. The first-order chi connectivity index (χ1) is 8.18. The van der Waals surface area contributed by atoms with Crippen LogP contribution in [0.2, 0.25) is 0 Å². The molecule has 0 rings (SSSR count). The highest BCUT2D eigenvalue weighted by atomic mass is 16.1. The molecule has 0 radical (unpaired) electrons. The lowest BCUT2D eigenvalue weighted by Crippen LogP contribution is -2.06. The van der Waals surface area contributed by atoms with Crippen LogP contribution in [0.3, 0.4) is 0 Å². The molecule has 0 bridgehead atoms. The zero-order valence-electron chi connectivity index (χ0n) is 10.4. The van der Waals surface area contributed by atoms with E-state index >= 15 is 0 Å². The van der Waals surface area contributed by atoms with Crippen molar-refractivity contribution in [2.45, 2.75) is 25.7 Å². The molecule has 0 heterocycles. The van der Waals surface area contributed by atoms with Gasteiger partial charge in [-0.2, -0.15) is 0 Å². The normalized spacial score (nSPS) is 7.88. The fourth-order valence-corrected chi connectivity index (χ4v) is 0.827. The van der Waals surface area contributed by atoms with Gasteiger partial charge >= 0.3 is 0 Å². The Morgan fingerprint density at radius 2 is 1.29 bits per heavy atom. The molecule has 1 amide bonds. The maximum Gasteiger partial charge on any atom is 0.234 e. The maximum atomic E-state index is 9.63. The lowest BCUT2D eigenvalue weighted by Gasteiger charge is -1.93. The second-order valence-electron chi connectivity index (χ2n) is 3.43. The molecular weight excluding hydrogens is 222 g/mol.